The second kappa shape index (κ2) is 32.3. The quantitative estimate of drug-likeness (QED) is 0.0369. The monoisotopic (exact) mass is 1640 g/mol. The highest BCUT2D eigenvalue weighted by molar-refractivity contribution is 5.96. The largest absolute Gasteiger partial charge is 0.481 e. The summed E-state index contributed by atoms with van der Waals surface area (Å²) in [5, 5.41) is 63.6. The molecule has 8 heterocycles. The van der Waals surface area contributed by atoms with Gasteiger partial charge in [-0.1, -0.05) is 0 Å². The zero-order valence-electron chi connectivity index (χ0n) is 79.2. The third-order valence-electron chi connectivity index (χ3n) is 30.3. The van der Waals surface area contributed by atoms with E-state index in [2.05, 4.69) is 180 Å². The first-order valence-corrected chi connectivity index (χ1v) is 43.6. The molecule has 0 spiro atoms. The Morgan fingerprint density at radius 3 is 0.707 bits per heavy atom. The number of carboxylic acid groups (broad SMARTS) is 4. The normalized spacial score (nSPS) is 28.9. The van der Waals surface area contributed by atoms with Gasteiger partial charge in [0.1, 0.15) is 29.8 Å². The Kier molecular flexibility index (Phi) is 27.4. The Morgan fingerprint density at radius 2 is 0.509 bits per heavy atom. The van der Waals surface area contributed by atoms with Crippen LogP contribution >= 0.6 is 0 Å². The molecule has 8 N–H and O–H groups in total. The van der Waals surface area contributed by atoms with Crippen molar-refractivity contribution in [2.45, 2.75) is 457 Å². The lowest BCUT2D eigenvalue weighted by atomic mass is 9.32. The highest BCUT2D eigenvalue weighted by atomic mass is 16.6. The van der Waals surface area contributed by atoms with Crippen molar-refractivity contribution in [3.63, 3.8) is 0 Å². The molecule has 0 aromatic heterocycles. The molecule has 24 heteroatoms. The maximum absolute atomic E-state index is 15.7. The first-order valence-electron chi connectivity index (χ1n) is 43.6. The van der Waals surface area contributed by atoms with E-state index >= 15 is 14.4 Å². The number of carbonyl (C=O) groups is 8. The SMILES string of the molecule is CC1(C)CC(C(CC(=O)O)(C(=O)O)C(C(=O)O)(C2CC(C)(C)NC(C)(C)C2)C(C(=O)O)(C2CC(C)(C)NC(C)(C)C2)C2CC(C)(C)NC(C)(C)C2)CC(C)(C)N1.CN1C(C)(C)CC(OC(=O)CC(C(=O)OC2CC(C)(C)N(C)C(C)(C)C2)C(CC(=O)OC2CC(C)(C)N(C)C(C)(C)C2)C(=O)OC2CC(C)(C)N(C)C(C)(C)C2)CC1(C)C. The van der Waals surface area contributed by atoms with Gasteiger partial charge in [0.15, 0.2) is 0 Å². The van der Waals surface area contributed by atoms with E-state index in [0.717, 1.165) is 0 Å². The average molecular weight is 1640 g/mol. The van der Waals surface area contributed by atoms with Gasteiger partial charge in [-0.25, -0.2) is 0 Å². The topological polar surface area (TPSA) is 315 Å². The van der Waals surface area contributed by atoms with E-state index in [-0.39, 0.29) is 95.7 Å². The van der Waals surface area contributed by atoms with Crippen LogP contribution in [0.25, 0.3) is 0 Å². The van der Waals surface area contributed by atoms with Crippen LogP contribution in [0.3, 0.4) is 0 Å². The molecule has 4 atom stereocenters. The molecule has 0 aliphatic carbocycles. The van der Waals surface area contributed by atoms with Gasteiger partial charge in [-0.05, 0) is 325 Å². The summed E-state index contributed by atoms with van der Waals surface area (Å²) in [4.78, 5) is 128. The van der Waals surface area contributed by atoms with Gasteiger partial charge in [0, 0.05) is 140 Å². The highest BCUT2D eigenvalue weighted by Gasteiger charge is 2.83. The summed E-state index contributed by atoms with van der Waals surface area (Å²) in [5.41, 5.74) is -15.2. The lowest BCUT2D eigenvalue weighted by molar-refractivity contribution is -0.256. The molecule has 116 heavy (non-hydrogen) atoms. The van der Waals surface area contributed by atoms with E-state index < -0.39 is 187 Å². The molecule has 0 radical (unpaired) electrons. The van der Waals surface area contributed by atoms with Crippen LogP contribution in [0.4, 0.5) is 0 Å². The number of aliphatic carboxylic acids is 4. The van der Waals surface area contributed by atoms with E-state index in [1.54, 1.807) is 0 Å². The Balaban J connectivity index is 0.000000322. The number of hydrogen-bond acceptors (Lipinski definition) is 20. The molecule has 0 bridgehead atoms. The van der Waals surface area contributed by atoms with E-state index in [1.807, 2.05) is 111 Å². The average Bonchev–Trinajstić information content (AvgIpc) is 0.657. The lowest BCUT2D eigenvalue weighted by Gasteiger charge is -2.69. The Morgan fingerprint density at radius 1 is 0.302 bits per heavy atom. The second-order valence-corrected chi connectivity index (χ2v) is 48.5. The summed E-state index contributed by atoms with van der Waals surface area (Å²) in [7, 11) is 8.34. The number of carboxylic acids is 4. The molecule has 8 fully saturated rings. The number of rotatable bonds is 22. The third kappa shape index (κ3) is 20.9. The van der Waals surface area contributed by atoms with Gasteiger partial charge in [-0.3, -0.25) is 58.0 Å². The third-order valence-corrected chi connectivity index (χ3v) is 30.3. The van der Waals surface area contributed by atoms with Crippen molar-refractivity contribution in [2.24, 2.45) is 51.8 Å². The highest BCUT2D eigenvalue weighted by Crippen LogP contribution is 2.74. The van der Waals surface area contributed by atoms with Gasteiger partial charge in [0.25, 0.3) is 0 Å². The molecule has 0 saturated carbocycles. The number of esters is 4. The maximum Gasteiger partial charge on any atom is 0.312 e. The zero-order chi connectivity index (χ0) is 89.3. The molecule has 668 valence electrons. The van der Waals surface area contributed by atoms with Crippen molar-refractivity contribution in [1.29, 1.82) is 0 Å². The summed E-state index contributed by atoms with van der Waals surface area (Å²) < 4.78 is 25.2. The van der Waals surface area contributed by atoms with Crippen molar-refractivity contribution < 1.29 is 77.7 Å². The Bertz CT molecular complexity index is 3350. The number of nitrogens with one attached hydrogen (secondary N) is 4. The molecular formula is C92H164N8O16. The van der Waals surface area contributed by atoms with Crippen LogP contribution in [0.2, 0.25) is 0 Å². The molecule has 8 saturated heterocycles. The van der Waals surface area contributed by atoms with Crippen LogP contribution in [0.1, 0.15) is 344 Å². The number of carbonyl (C=O) groups excluding carboxylic acids is 4. The van der Waals surface area contributed by atoms with Gasteiger partial charge in [0.2, 0.25) is 0 Å². The Hall–Kier alpha value is -4.56. The van der Waals surface area contributed by atoms with Crippen molar-refractivity contribution in [3.05, 3.63) is 0 Å². The standard InChI is InChI=1S/C48H86N4O8.C44H78N4O8/c1-41(2)23-31(24-42(3,4)49(41)17)57-37(53)21-35(39(55)59-33-27-45(9,10)51(19)46(11,12)28-33)36(40(56)60-34-29-47(13,14)52(20)48(15,16)30-34)22-38(54)58-32-25-43(5,6)50(18)44(7,8)26-32;1-34(2)17-26(18-35(3,4)45-34)42(31(51)52,25-30(49)50)44(33(55)56,29-23-40(13,14)48-41(15,16)24-29)43(32(53)54,27-19-36(5,6)46-37(7,8)20-27)28-21-38(9,10)47-39(11,12)22-28/h31-36H,21-30H2,1-20H3;26-29,45-48H,17-25H2,1-16H3,(H,49,50)(H,51,52)(H,53,54)(H,55,56). The molecular weight excluding hydrogens is 1470 g/mol. The van der Waals surface area contributed by atoms with E-state index in [0.29, 0.717) is 51.4 Å². The first kappa shape index (κ1) is 98.6. The van der Waals surface area contributed by atoms with Crippen LogP contribution < -0.4 is 21.3 Å². The van der Waals surface area contributed by atoms with Gasteiger partial charge in [0.05, 0.1) is 41.9 Å². The summed E-state index contributed by atoms with van der Waals surface area (Å²) in [5.74, 6) is -14.9. The molecule has 8 aliphatic heterocycles. The van der Waals surface area contributed by atoms with Crippen LogP contribution in [-0.2, 0) is 57.3 Å². The first-order chi connectivity index (χ1) is 51.7. The molecule has 8 rings (SSSR count). The Labute approximate surface area is 699 Å². The molecule has 0 aromatic carbocycles. The van der Waals surface area contributed by atoms with E-state index in [9.17, 15) is 44.4 Å². The fraction of sp³-hybridized carbons (Fsp3) is 0.913. The molecule has 0 aromatic rings. The smallest absolute Gasteiger partial charge is 0.312 e. The number of nitrogens with zero attached hydrogens (tertiary/aromatic N) is 4. The molecule has 0 amide bonds. The number of likely N-dealkylation sites (tertiary alicyclic amines) is 4. The van der Waals surface area contributed by atoms with Crippen molar-refractivity contribution >= 4 is 47.8 Å². The lowest BCUT2D eigenvalue weighted by Crippen LogP contribution is -2.79. The minimum Gasteiger partial charge on any atom is -0.481 e. The molecule has 8 aliphatic rings. The van der Waals surface area contributed by atoms with Gasteiger partial charge in [-0.2, -0.15) is 0 Å². The summed E-state index contributed by atoms with van der Waals surface area (Å²) >= 11 is 0. The maximum atomic E-state index is 15.7. The van der Waals surface area contributed by atoms with E-state index in [4.69, 9.17) is 18.9 Å². The predicted octanol–water partition coefficient (Wildman–Crippen LogP) is 14.7. The van der Waals surface area contributed by atoms with Crippen LogP contribution in [-0.4, -0.2) is 229 Å². The van der Waals surface area contributed by atoms with Crippen LogP contribution in [0.15, 0.2) is 0 Å². The zero-order valence-corrected chi connectivity index (χ0v) is 79.2. The predicted molar refractivity (Wildman–Crippen MR) is 455 cm³/mol. The second-order valence-electron chi connectivity index (χ2n) is 48.5. The minimum atomic E-state index is -2.62. The number of piperidine rings is 8. The minimum absolute atomic E-state index is 0.139. The van der Waals surface area contributed by atoms with Gasteiger partial charge in [-0.15, -0.1) is 0 Å². The number of ether oxygens (including phenoxy) is 4. The summed E-state index contributed by atoms with van der Waals surface area (Å²) in [6, 6.07) is 0. The molecule has 24 nitrogen and oxygen atoms in total. The van der Waals surface area contributed by atoms with Crippen molar-refractivity contribution in [1.82, 2.24) is 40.9 Å². The van der Waals surface area contributed by atoms with Crippen molar-refractivity contribution in [3.8, 4) is 0 Å². The van der Waals surface area contributed by atoms with Crippen LogP contribution in [0, 0.1) is 51.8 Å². The van der Waals surface area contributed by atoms with Gasteiger partial charge < -0.3 is 60.6 Å². The van der Waals surface area contributed by atoms with Crippen molar-refractivity contribution in [2.75, 3.05) is 28.2 Å². The fourth-order valence-corrected chi connectivity index (χ4v) is 26.5. The summed E-state index contributed by atoms with van der Waals surface area (Å²) in [6.45, 7) is 65.7. The van der Waals surface area contributed by atoms with Gasteiger partial charge >= 0.3 is 47.8 Å². The van der Waals surface area contributed by atoms with Crippen LogP contribution in [0.5, 0.6) is 0 Å². The van der Waals surface area contributed by atoms with E-state index in [1.165, 1.54) is 0 Å². The fourth-order valence-electron chi connectivity index (χ4n) is 26.5. The summed E-state index contributed by atoms with van der Waals surface area (Å²) in [6.07, 6.45) is 2.62. The number of hydrogen-bond donors (Lipinski definition) is 8. The molecule has 4 unspecified atom stereocenters.